The topological polar surface area (TPSA) is 32.7 Å². The summed E-state index contributed by atoms with van der Waals surface area (Å²) in [6.45, 7) is 3.17. The van der Waals surface area contributed by atoms with E-state index in [1.807, 2.05) is 17.2 Å². The number of hydrogen-bond acceptors (Lipinski definition) is 3. The summed E-state index contributed by atoms with van der Waals surface area (Å²) in [5, 5.41) is 9.75. The Bertz CT molecular complexity index is 187. The fourth-order valence-corrected chi connectivity index (χ4v) is 1.86. The maximum Gasteiger partial charge on any atom is 0.0717 e. The summed E-state index contributed by atoms with van der Waals surface area (Å²) in [5.41, 5.74) is 0. The second-order valence-electron chi connectivity index (χ2n) is 3.78. The van der Waals surface area contributed by atoms with Crippen LogP contribution < -0.4 is 0 Å². The minimum atomic E-state index is -0.225. The minimum Gasteiger partial charge on any atom is -0.391 e. The number of halogens is 1. The second kappa shape index (κ2) is 6.76. The first-order valence-electron chi connectivity index (χ1n) is 4.93. The lowest BCUT2D eigenvalue weighted by Gasteiger charge is -2.33. The molecule has 0 aromatic rings. The third-order valence-corrected chi connectivity index (χ3v) is 3.07. The fraction of sp³-hybridized carbons (Fsp3) is 0.800. The monoisotopic (exact) mass is 307 g/mol. The van der Waals surface area contributed by atoms with Crippen LogP contribution in [0.15, 0.2) is 10.2 Å². The van der Waals surface area contributed by atoms with Gasteiger partial charge in [-0.2, -0.15) is 0 Å². The number of piperidine rings is 1. The lowest BCUT2D eigenvalue weighted by molar-refractivity contribution is -0.0105. The van der Waals surface area contributed by atoms with Gasteiger partial charge in [-0.3, -0.25) is 0 Å². The molecule has 0 aromatic heterocycles. The molecule has 14 heavy (non-hydrogen) atoms. The summed E-state index contributed by atoms with van der Waals surface area (Å²) in [4.78, 5) is 2.16. The Kier molecular flexibility index (Phi) is 6.00. The lowest BCUT2D eigenvalue weighted by atomic mass is 9.95. The van der Waals surface area contributed by atoms with Crippen LogP contribution in [-0.4, -0.2) is 49.5 Å². The first-order chi connectivity index (χ1) is 6.74. The van der Waals surface area contributed by atoms with Crippen LogP contribution in [-0.2, 0) is 4.74 Å². The van der Waals surface area contributed by atoms with E-state index in [9.17, 15) is 5.11 Å². The molecule has 82 valence electrons. The van der Waals surface area contributed by atoms with Gasteiger partial charge < -0.3 is 14.7 Å². The van der Waals surface area contributed by atoms with Gasteiger partial charge >= 0.3 is 0 Å². The van der Waals surface area contributed by atoms with E-state index in [1.54, 1.807) is 0 Å². The Hall–Kier alpha value is 0.350. The van der Waals surface area contributed by atoms with Crippen LogP contribution in [0.1, 0.15) is 6.42 Å². The molecule has 0 aliphatic carbocycles. The zero-order valence-electron chi connectivity index (χ0n) is 8.53. The van der Waals surface area contributed by atoms with Crippen LogP contribution in [0.5, 0.6) is 0 Å². The van der Waals surface area contributed by atoms with E-state index in [1.165, 1.54) is 0 Å². The summed E-state index contributed by atoms with van der Waals surface area (Å²) in [5.74, 6) is 0.314. The molecule has 1 aliphatic rings. The van der Waals surface area contributed by atoms with Crippen molar-refractivity contribution >= 4 is 22.6 Å². The van der Waals surface area contributed by atoms with Crippen molar-refractivity contribution in [2.45, 2.75) is 12.5 Å². The maximum atomic E-state index is 9.75. The standard InChI is InChI=1S/C10H18INO2/c1-12-5-3-9(10(13)7-12)8-14-6-2-4-11/h2,4,9-10,13H,3,5-8H2,1H3/b4-2+/i11-4. The van der Waals surface area contributed by atoms with Gasteiger partial charge in [-0.25, -0.2) is 0 Å². The number of likely N-dealkylation sites (N-methyl/N-ethyl adjacent to an activating group) is 1. The van der Waals surface area contributed by atoms with Gasteiger partial charge in [-0.15, -0.1) is 0 Å². The van der Waals surface area contributed by atoms with Crippen molar-refractivity contribution in [3.05, 3.63) is 10.2 Å². The molecule has 4 heteroatoms. The van der Waals surface area contributed by atoms with E-state index in [2.05, 4.69) is 27.5 Å². The van der Waals surface area contributed by atoms with Crippen LogP contribution in [0.25, 0.3) is 0 Å². The van der Waals surface area contributed by atoms with E-state index < -0.39 is 0 Å². The van der Waals surface area contributed by atoms with E-state index in [0.717, 1.165) is 19.5 Å². The highest BCUT2D eigenvalue weighted by Gasteiger charge is 2.25. The molecule has 1 fully saturated rings. The number of nitrogens with zero attached hydrogens (tertiary/aromatic N) is 1. The zero-order valence-corrected chi connectivity index (χ0v) is 10.7. The Labute approximate surface area is 99.3 Å². The molecule has 1 saturated heterocycles. The van der Waals surface area contributed by atoms with Crippen molar-refractivity contribution in [2.75, 3.05) is 33.4 Å². The molecule has 2 atom stereocenters. The Morgan fingerprint density at radius 3 is 3.07 bits per heavy atom. The van der Waals surface area contributed by atoms with Crippen molar-refractivity contribution in [3.8, 4) is 0 Å². The van der Waals surface area contributed by atoms with Crippen molar-refractivity contribution in [3.63, 3.8) is 0 Å². The summed E-state index contributed by atoms with van der Waals surface area (Å²) in [6, 6.07) is 0. The average Bonchev–Trinajstić information content (AvgIpc) is 2.15. The Morgan fingerprint density at radius 1 is 1.64 bits per heavy atom. The summed E-state index contributed by atoms with van der Waals surface area (Å²) < 4.78 is 7.40. The van der Waals surface area contributed by atoms with Crippen LogP contribution >= 0.6 is 22.6 Å². The van der Waals surface area contributed by atoms with E-state index in [4.69, 9.17) is 4.74 Å². The predicted octanol–water partition coefficient (Wildman–Crippen LogP) is 1.26. The molecule has 3 nitrogen and oxygen atoms in total. The molecule has 1 aliphatic heterocycles. The van der Waals surface area contributed by atoms with Gasteiger partial charge in [-0.05, 0) is 24.1 Å². The Balaban J connectivity index is 2.17. The number of hydrogen-bond donors (Lipinski definition) is 1. The smallest absolute Gasteiger partial charge is 0.0717 e. The fourth-order valence-electron chi connectivity index (χ4n) is 1.66. The highest BCUT2D eigenvalue weighted by molar-refractivity contribution is 14.1. The number of rotatable bonds is 4. The third-order valence-electron chi connectivity index (χ3n) is 2.56. The normalized spacial score (nSPS) is 29.9. The first kappa shape index (κ1) is 12.4. The van der Waals surface area contributed by atoms with Gasteiger partial charge in [-0.1, -0.05) is 28.7 Å². The minimum absolute atomic E-state index is 0.225. The quantitative estimate of drug-likeness (QED) is 0.627. The zero-order chi connectivity index (χ0) is 10.4. The predicted molar refractivity (Wildman–Crippen MR) is 65.6 cm³/mol. The molecule has 2 unspecified atom stereocenters. The second-order valence-corrected chi connectivity index (χ2v) is 4.50. The summed E-state index contributed by atoms with van der Waals surface area (Å²) in [7, 11) is 2.04. The molecule has 1 rings (SSSR count). The number of likely N-dealkylation sites (tertiary alicyclic amines) is 1. The SMILES string of the molecule is CN1CCC(COC/C=C/[123I])C(O)C1. The molecule has 0 aromatic carbocycles. The van der Waals surface area contributed by atoms with Gasteiger partial charge in [0, 0.05) is 12.5 Å². The largest absolute Gasteiger partial charge is 0.391 e. The average molecular weight is 307 g/mol. The van der Waals surface area contributed by atoms with Crippen LogP contribution in [0.3, 0.4) is 0 Å². The van der Waals surface area contributed by atoms with E-state index in [-0.39, 0.29) is 6.10 Å². The molecule has 0 amide bonds. The third kappa shape index (κ3) is 4.25. The highest BCUT2D eigenvalue weighted by atomic mass is 123. The van der Waals surface area contributed by atoms with Gasteiger partial charge in [0.1, 0.15) is 0 Å². The van der Waals surface area contributed by atoms with Crippen molar-refractivity contribution in [1.82, 2.24) is 4.90 Å². The van der Waals surface area contributed by atoms with Gasteiger partial charge in [0.05, 0.1) is 19.3 Å². The summed E-state index contributed by atoms with van der Waals surface area (Å²) >= 11 is 2.17. The van der Waals surface area contributed by atoms with Crippen LogP contribution in [0.2, 0.25) is 0 Å². The first-order valence-corrected chi connectivity index (χ1v) is 6.18. The molecule has 0 radical (unpaired) electrons. The number of aliphatic hydroxyl groups excluding tert-OH is 1. The van der Waals surface area contributed by atoms with Crippen LogP contribution in [0, 0.1) is 5.92 Å². The molecule has 0 saturated carbocycles. The molecular weight excluding hydrogens is 289 g/mol. The molecule has 1 N–H and O–H groups in total. The molecule has 0 bridgehead atoms. The van der Waals surface area contributed by atoms with Gasteiger partial charge in [0.2, 0.25) is 0 Å². The van der Waals surface area contributed by atoms with Gasteiger partial charge in [0.25, 0.3) is 0 Å². The number of β-amino-alcohol motifs (C(OH)–C–C–N with tert-alkyl or cyclic N) is 1. The molecular formula is C10H18INO2. The van der Waals surface area contributed by atoms with Crippen molar-refractivity contribution in [1.29, 1.82) is 0 Å². The molecule has 0 spiro atoms. The lowest BCUT2D eigenvalue weighted by Crippen LogP contribution is -2.43. The Morgan fingerprint density at radius 2 is 2.43 bits per heavy atom. The van der Waals surface area contributed by atoms with Gasteiger partial charge in [0.15, 0.2) is 0 Å². The summed E-state index contributed by atoms with van der Waals surface area (Å²) in [6.07, 6.45) is 2.78. The van der Waals surface area contributed by atoms with Crippen molar-refractivity contribution < 1.29 is 9.84 Å². The van der Waals surface area contributed by atoms with E-state index in [0.29, 0.717) is 19.1 Å². The highest BCUT2D eigenvalue weighted by Crippen LogP contribution is 2.16. The van der Waals surface area contributed by atoms with E-state index >= 15 is 0 Å². The van der Waals surface area contributed by atoms with Crippen LogP contribution in [0.4, 0.5) is 0 Å². The van der Waals surface area contributed by atoms with Crippen molar-refractivity contribution in [2.24, 2.45) is 5.92 Å². The number of ether oxygens (including phenoxy) is 1. The number of aliphatic hydroxyl groups is 1. The maximum absolute atomic E-state index is 9.75. The molecule has 1 heterocycles.